The predicted molar refractivity (Wildman–Crippen MR) is 64.1 cm³/mol. The van der Waals surface area contributed by atoms with Crippen LogP contribution in [0.5, 0.6) is 0 Å². The fourth-order valence-corrected chi connectivity index (χ4v) is 2.90. The van der Waals surface area contributed by atoms with Gasteiger partial charge in [0.2, 0.25) is 0 Å². The summed E-state index contributed by atoms with van der Waals surface area (Å²) < 4.78 is 6.23. The van der Waals surface area contributed by atoms with Crippen molar-refractivity contribution in [2.75, 3.05) is 0 Å². The van der Waals surface area contributed by atoms with Gasteiger partial charge in [0, 0.05) is 26.7 Å². The molecule has 2 aromatic heterocycles. The zero-order valence-electron chi connectivity index (χ0n) is 8.24. The first-order valence-corrected chi connectivity index (χ1v) is 6.28. The van der Waals surface area contributed by atoms with Crippen LogP contribution in [0.4, 0.5) is 0 Å². The average Bonchev–Trinajstić information content (AvgIpc) is 2.75. The molecule has 4 heteroatoms. The van der Waals surface area contributed by atoms with Crippen molar-refractivity contribution in [3.63, 3.8) is 0 Å². The second kappa shape index (κ2) is 4.51. The van der Waals surface area contributed by atoms with Crippen molar-refractivity contribution >= 4 is 27.3 Å². The van der Waals surface area contributed by atoms with Crippen LogP contribution < -0.4 is 0 Å². The Labute approximate surface area is 101 Å². The lowest BCUT2D eigenvalue weighted by atomic mass is 10.1. The number of aliphatic hydroxyl groups excluding tert-OH is 1. The summed E-state index contributed by atoms with van der Waals surface area (Å²) in [7, 11) is 0. The number of aliphatic hydroxyl groups is 1. The number of thiophene rings is 1. The van der Waals surface area contributed by atoms with Gasteiger partial charge in [-0.15, -0.1) is 11.3 Å². The molecule has 0 saturated heterocycles. The molecule has 2 heterocycles. The summed E-state index contributed by atoms with van der Waals surface area (Å²) in [4.78, 5) is 1.16. The second-order valence-electron chi connectivity index (χ2n) is 3.44. The third-order valence-corrected chi connectivity index (χ3v) is 3.87. The minimum atomic E-state index is -0.479. The molecule has 2 rings (SSSR count). The van der Waals surface area contributed by atoms with Gasteiger partial charge in [0.1, 0.15) is 5.76 Å². The fourth-order valence-electron chi connectivity index (χ4n) is 1.41. The third-order valence-electron chi connectivity index (χ3n) is 2.15. The lowest BCUT2D eigenvalue weighted by Gasteiger charge is -2.05. The van der Waals surface area contributed by atoms with Crippen molar-refractivity contribution in [2.45, 2.75) is 19.4 Å². The van der Waals surface area contributed by atoms with Gasteiger partial charge in [-0.05, 0) is 35.0 Å². The first-order valence-electron chi connectivity index (χ1n) is 4.61. The molecule has 0 radical (unpaired) electrons. The Balaban J connectivity index is 2.06. The number of hydrogen-bond donors (Lipinski definition) is 1. The van der Waals surface area contributed by atoms with Crippen molar-refractivity contribution in [1.82, 2.24) is 0 Å². The molecule has 0 saturated carbocycles. The molecule has 2 aromatic rings. The van der Waals surface area contributed by atoms with Gasteiger partial charge in [0.25, 0.3) is 0 Å². The van der Waals surface area contributed by atoms with E-state index in [1.165, 1.54) is 0 Å². The van der Waals surface area contributed by atoms with Gasteiger partial charge in [-0.1, -0.05) is 0 Å². The maximum absolute atomic E-state index is 9.93. The highest BCUT2D eigenvalue weighted by Crippen LogP contribution is 2.26. The smallest absolute Gasteiger partial charge is 0.101 e. The summed E-state index contributed by atoms with van der Waals surface area (Å²) in [6, 6.07) is 3.90. The van der Waals surface area contributed by atoms with Crippen molar-refractivity contribution in [3.05, 3.63) is 44.4 Å². The summed E-state index contributed by atoms with van der Waals surface area (Å²) in [6.07, 6.45) is 1.77. The van der Waals surface area contributed by atoms with E-state index in [2.05, 4.69) is 15.9 Å². The van der Waals surface area contributed by atoms with Crippen LogP contribution in [0.1, 0.15) is 22.3 Å². The molecular weight excluding hydrogens is 276 g/mol. The van der Waals surface area contributed by atoms with Crippen molar-refractivity contribution in [2.24, 2.45) is 0 Å². The van der Waals surface area contributed by atoms with E-state index in [9.17, 15) is 5.11 Å². The third kappa shape index (κ3) is 2.71. The van der Waals surface area contributed by atoms with Crippen LogP contribution in [0.25, 0.3) is 0 Å². The zero-order chi connectivity index (χ0) is 10.8. The summed E-state index contributed by atoms with van der Waals surface area (Å²) in [5.74, 6) is 0.830. The molecule has 0 bridgehead atoms. The molecule has 80 valence electrons. The van der Waals surface area contributed by atoms with Crippen LogP contribution in [0.15, 0.2) is 32.7 Å². The van der Waals surface area contributed by atoms with E-state index >= 15 is 0 Å². The SMILES string of the molecule is Cc1cc(C(O)Cc2cc(Br)cs2)co1. The normalized spacial score (nSPS) is 13.0. The number of furan rings is 1. The van der Waals surface area contributed by atoms with Gasteiger partial charge in [0.05, 0.1) is 12.4 Å². The Morgan fingerprint density at radius 3 is 2.87 bits per heavy atom. The van der Waals surface area contributed by atoms with E-state index in [1.807, 2.05) is 24.4 Å². The number of rotatable bonds is 3. The Morgan fingerprint density at radius 1 is 1.53 bits per heavy atom. The molecule has 0 aliphatic rings. The van der Waals surface area contributed by atoms with Crippen LogP contribution in [-0.2, 0) is 6.42 Å². The Kier molecular flexibility index (Phi) is 3.29. The maximum Gasteiger partial charge on any atom is 0.101 e. The van der Waals surface area contributed by atoms with E-state index in [1.54, 1.807) is 17.6 Å². The van der Waals surface area contributed by atoms with Crippen molar-refractivity contribution in [1.29, 1.82) is 0 Å². The van der Waals surface area contributed by atoms with Crippen LogP contribution in [-0.4, -0.2) is 5.11 Å². The van der Waals surface area contributed by atoms with Crippen molar-refractivity contribution in [3.8, 4) is 0 Å². The van der Waals surface area contributed by atoms with Gasteiger partial charge < -0.3 is 9.52 Å². The number of halogens is 1. The van der Waals surface area contributed by atoms with E-state index in [0.29, 0.717) is 6.42 Å². The molecule has 15 heavy (non-hydrogen) atoms. The van der Waals surface area contributed by atoms with Crippen LogP contribution >= 0.6 is 27.3 Å². The Morgan fingerprint density at radius 2 is 2.33 bits per heavy atom. The molecule has 0 aliphatic heterocycles. The summed E-state index contributed by atoms with van der Waals surface area (Å²) >= 11 is 5.03. The molecule has 0 fully saturated rings. The quantitative estimate of drug-likeness (QED) is 0.934. The standard InChI is InChI=1S/C11H11BrO2S/c1-7-2-8(5-14-7)11(13)4-10-3-9(12)6-15-10/h2-3,5-6,11,13H,4H2,1H3. The minimum absolute atomic E-state index is 0.479. The van der Waals surface area contributed by atoms with Gasteiger partial charge in [-0.2, -0.15) is 0 Å². The first-order chi connectivity index (χ1) is 7.15. The van der Waals surface area contributed by atoms with Crippen LogP contribution in [0.3, 0.4) is 0 Å². The Hall–Kier alpha value is -0.580. The molecule has 1 atom stereocenters. The largest absolute Gasteiger partial charge is 0.469 e. The lowest BCUT2D eigenvalue weighted by Crippen LogP contribution is -1.98. The highest BCUT2D eigenvalue weighted by atomic mass is 79.9. The van der Waals surface area contributed by atoms with E-state index in [-0.39, 0.29) is 0 Å². The van der Waals surface area contributed by atoms with E-state index in [0.717, 1.165) is 20.7 Å². The van der Waals surface area contributed by atoms with E-state index < -0.39 is 6.10 Å². The van der Waals surface area contributed by atoms with Crippen LogP contribution in [0.2, 0.25) is 0 Å². The molecule has 0 aliphatic carbocycles. The molecule has 2 nitrogen and oxygen atoms in total. The van der Waals surface area contributed by atoms with Gasteiger partial charge in [0.15, 0.2) is 0 Å². The highest BCUT2D eigenvalue weighted by molar-refractivity contribution is 9.10. The second-order valence-corrected chi connectivity index (χ2v) is 5.35. The predicted octanol–water partition coefficient (Wildman–Crippen LogP) is 3.69. The van der Waals surface area contributed by atoms with Gasteiger partial charge in [-0.3, -0.25) is 0 Å². The summed E-state index contributed by atoms with van der Waals surface area (Å²) in [5, 5.41) is 11.9. The van der Waals surface area contributed by atoms with Crippen LogP contribution in [0, 0.1) is 6.92 Å². The highest BCUT2D eigenvalue weighted by Gasteiger charge is 2.12. The maximum atomic E-state index is 9.93. The minimum Gasteiger partial charge on any atom is -0.469 e. The molecule has 1 unspecified atom stereocenters. The average molecular weight is 287 g/mol. The molecular formula is C11H11BrO2S. The molecule has 0 aromatic carbocycles. The Bertz CT molecular complexity index is 447. The molecule has 0 spiro atoms. The molecule has 1 N–H and O–H groups in total. The molecule has 0 amide bonds. The van der Waals surface area contributed by atoms with Gasteiger partial charge in [-0.25, -0.2) is 0 Å². The van der Waals surface area contributed by atoms with E-state index in [4.69, 9.17) is 4.42 Å². The first kappa shape index (κ1) is 10.9. The number of aryl methyl sites for hydroxylation is 1. The summed E-state index contributed by atoms with van der Waals surface area (Å²) in [5.41, 5.74) is 0.844. The van der Waals surface area contributed by atoms with Crippen molar-refractivity contribution < 1.29 is 9.52 Å². The number of hydrogen-bond acceptors (Lipinski definition) is 3. The topological polar surface area (TPSA) is 33.4 Å². The van der Waals surface area contributed by atoms with Gasteiger partial charge >= 0.3 is 0 Å². The monoisotopic (exact) mass is 286 g/mol. The summed E-state index contributed by atoms with van der Waals surface area (Å²) in [6.45, 7) is 1.87. The fraction of sp³-hybridized carbons (Fsp3) is 0.273. The lowest BCUT2D eigenvalue weighted by molar-refractivity contribution is 0.178. The zero-order valence-corrected chi connectivity index (χ0v) is 10.6.